The van der Waals surface area contributed by atoms with Crippen LogP contribution in [-0.2, 0) is 0 Å². The van der Waals surface area contributed by atoms with Gasteiger partial charge in [-0.25, -0.2) is 0 Å². The molecule has 54 heavy (non-hydrogen) atoms. The lowest BCUT2D eigenvalue weighted by molar-refractivity contribution is 1.18. The molecular formula is C52H36N2. The van der Waals surface area contributed by atoms with Gasteiger partial charge in [0, 0.05) is 33.5 Å². The zero-order valence-electron chi connectivity index (χ0n) is 29.7. The average molecular weight is 689 g/mol. The molecule has 0 aliphatic carbocycles. The van der Waals surface area contributed by atoms with Crippen LogP contribution in [0.3, 0.4) is 0 Å². The van der Waals surface area contributed by atoms with Crippen LogP contribution in [0.4, 0.5) is 17.1 Å². The third-order valence-electron chi connectivity index (χ3n) is 10.5. The maximum absolute atomic E-state index is 2.41. The molecule has 0 saturated carbocycles. The van der Waals surface area contributed by atoms with Gasteiger partial charge in [0.15, 0.2) is 0 Å². The fraction of sp³-hybridized carbons (Fsp3) is 0. The van der Waals surface area contributed by atoms with Gasteiger partial charge in [-0.1, -0.05) is 152 Å². The molecule has 254 valence electrons. The van der Waals surface area contributed by atoms with E-state index in [1.165, 1.54) is 66.0 Å². The van der Waals surface area contributed by atoms with Crippen LogP contribution in [0.1, 0.15) is 0 Å². The number of fused-ring (bicyclic) bond motifs is 4. The third kappa shape index (κ3) is 5.62. The van der Waals surface area contributed by atoms with Crippen molar-refractivity contribution in [2.45, 2.75) is 0 Å². The Kier molecular flexibility index (Phi) is 7.85. The zero-order chi connectivity index (χ0) is 35.8. The number of benzene rings is 9. The quantitative estimate of drug-likeness (QED) is 0.162. The van der Waals surface area contributed by atoms with Gasteiger partial charge in [-0.3, -0.25) is 0 Å². The molecule has 0 radical (unpaired) electrons. The summed E-state index contributed by atoms with van der Waals surface area (Å²) in [5, 5.41) is 4.87. The lowest BCUT2D eigenvalue weighted by atomic mass is 9.99. The van der Waals surface area contributed by atoms with E-state index in [1.807, 2.05) is 0 Å². The summed E-state index contributed by atoms with van der Waals surface area (Å²) >= 11 is 0. The highest BCUT2D eigenvalue weighted by Gasteiger charge is 2.20. The fourth-order valence-electron chi connectivity index (χ4n) is 8.00. The molecule has 2 nitrogen and oxygen atoms in total. The van der Waals surface area contributed by atoms with E-state index in [2.05, 4.69) is 228 Å². The Bertz CT molecular complexity index is 2910. The van der Waals surface area contributed by atoms with Gasteiger partial charge in [0.1, 0.15) is 0 Å². The maximum atomic E-state index is 2.41. The van der Waals surface area contributed by atoms with E-state index in [9.17, 15) is 0 Å². The molecule has 10 rings (SSSR count). The molecule has 10 aromatic rings. The largest absolute Gasteiger partial charge is 0.310 e. The molecule has 0 bridgehead atoms. The first-order valence-corrected chi connectivity index (χ1v) is 18.5. The van der Waals surface area contributed by atoms with Crippen LogP contribution in [0.25, 0.3) is 71.6 Å². The van der Waals surface area contributed by atoms with Crippen molar-refractivity contribution < 1.29 is 0 Å². The van der Waals surface area contributed by atoms with Crippen LogP contribution in [-0.4, -0.2) is 4.57 Å². The Labute approximate surface area is 315 Å². The minimum Gasteiger partial charge on any atom is -0.310 e. The van der Waals surface area contributed by atoms with Crippen LogP contribution in [0.15, 0.2) is 218 Å². The Morgan fingerprint density at radius 2 is 0.852 bits per heavy atom. The van der Waals surface area contributed by atoms with Gasteiger partial charge in [0.25, 0.3) is 0 Å². The minimum absolute atomic E-state index is 1.10. The van der Waals surface area contributed by atoms with Crippen molar-refractivity contribution in [1.29, 1.82) is 0 Å². The molecule has 0 aliphatic rings. The summed E-state index contributed by atoms with van der Waals surface area (Å²) < 4.78 is 2.40. The molecule has 1 heterocycles. The van der Waals surface area contributed by atoms with E-state index in [4.69, 9.17) is 0 Å². The van der Waals surface area contributed by atoms with Gasteiger partial charge in [-0.2, -0.15) is 0 Å². The van der Waals surface area contributed by atoms with Gasteiger partial charge in [0.2, 0.25) is 0 Å². The van der Waals surface area contributed by atoms with Crippen molar-refractivity contribution in [1.82, 2.24) is 4.57 Å². The Morgan fingerprint density at radius 1 is 0.315 bits per heavy atom. The van der Waals surface area contributed by atoms with Crippen LogP contribution in [0.5, 0.6) is 0 Å². The summed E-state index contributed by atoms with van der Waals surface area (Å²) in [6.45, 7) is 0. The number of hydrogen-bond acceptors (Lipinski definition) is 1. The highest BCUT2D eigenvalue weighted by molar-refractivity contribution is 6.16. The second-order valence-electron chi connectivity index (χ2n) is 13.8. The first kappa shape index (κ1) is 31.6. The maximum Gasteiger partial charge on any atom is 0.0547 e. The van der Waals surface area contributed by atoms with E-state index in [-0.39, 0.29) is 0 Å². The summed E-state index contributed by atoms with van der Waals surface area (Å²) in [6, 6.07) is 78.9. The van der Waals surface area contributed by atoms with Crippen LogP contribution >= 0.6 is 0 Å². The smallest absolute Gasteiger partial charge is 0.0547 e. The van der Waals surface area contributed by atoms with Gasteiger partial charge >= 0.3 is 0 Å². The molecular weight excluding hydrogens is 653 g/mol. The molecule has 0 N–H and O–H groups in total. The standard InChI is InChI=1S/C52H36N2/c1-5-15-37(16-6-1)40-21-13-24-45(34-40)53(46-30-29-42-33-41(27-28-43(42)35-46)38-17-7-2-8-18-38)47-31-32-50-49(36-47)52-48(39-19-9-3-10-20-39)25-14-26-51(52)54(50)44-22-11-4-12-23-44/h1-36H. The first-order chi connectivity index (χ1) is 26.8. The molecule has 9 aromatic carbocycles. The van der Waals surface area contributed by atoms with Crippen molar-refractivity contribution in [3.05, 3.63) is 218 Å². The molecule has 0 saturated heterocycles. The van der Waals surface area contributed by atoms with Gasteiger partial charge < -0.3 is 9.47 Å². The van der Waals surface area contributed by atoms with E-state index in [0.717, 1.165) is 22.7 Å². The second-order valence-corrected chi connectivity index (χ2v) is 13.8. The summed E-state index contributed by atoms with van der Waals surface area (Å²) in [7, 11) is 0. The predicted molar refractivity (Wildman–Crippen MR) is 229 cm³/mol. The van der Waals surface area contributed by atoms with E-state index >= 15 is 0 Å². The highest BCUT2D eigenvalue weighted by Crippen LogP contribution is 2.44. The van der Waals surface area contributed by atoms with Crippen LogP contribution in [0.2, 0.25) is 0 Å². The average Bonchev–Trinajstić information content (AvgIpc) is 3.59. The van der Waals surface area contributed by atoms with Crippen molar-refractivity contribution in [2.75, 3.05) is 4.90 Å². The van der Waals surface area contributed by atoms with Gasteiger partial charge in [0.05, 0.1) is 11.0 Å². The normalized spacial score (nSPS) is 11.3. The lowest BCUT2D eigenvalue weighted by Crippen LogP contribution is -2.10. The SMILES string of the molecule is c1ccc(-c2cccc(N(c3ccc4cc(-c5ccccc5)ccc4c3)c3ccc4c(c3)c3c(-c5ccccc5)cccc3n4-c3ccccc3)c2)cc1. The monoisotopic (exact) mass is 688 g/mol. The number of hydrogen-bond donors (Lipinski definition) is 0. The molecule has 0 fully saturated rings. The molecule has 0 spiro atoms. The zero-order valence-corrected chi connectivity index (χ0v) is 29.7. The molecule has 0 atom stereocenters. The molecule has 0 aliphatic heterocycles. The van der Waals surface area contributed by atoms with E-state index in [0.29, 0.717) is 0 Å². The topological polar surface area (TPSA) is 8.17 Å². The molecule has 2 heteroatoms. The summed E-state index contributed by atoms with van der Waals surface area (Å²) in [5.41, 5.74) is 14.1. The summed E-state index contributed by atoms with van der Waals surface area (Å²) in [4.78, 5) is 2.41. The van der Waals surface area contributed by atoms with E-state index in [1.54, 1.807) is 0 Å². The van der Waals surface area contributed by atoms with Gasteiger partial charge in [-0.05, 0) is 111 Å². The number of nitrogens with zero attached hydrogens (tertiary/aromatic N) is 2. The summed E-state index contributed by atoms with van der Waals surface area (Å²) in [5.74, 6) is 0. The van der Waals surface area contributed by atoms with E-state index < -0.39 is 0 Å². The second kappa shape index (κ2) is 13.4. The number of aromatic nitrogens is 1. The molecule has 1 aromatic heterocycles. The Balaban J connectivity index is 1.21. The first-order valence-electron chi connectivity index (χ1n) is 18.5. The van der Waals surface area contributed by atoms with Crippen molar-refractivity contribution >= 4 is 49.6 Å². The minimum atomic E-state index is 1.10. The molecule has 0 unspecified atom stereocenters. The number of rotatable bonds is 7. The Morgan fingerprint density at radius 3 is 1.57 bits per heavy atom. The fourth-order valence-corrected chi connectivity index (χ4v) is 8.00. The molecule has 0 amide bonds. The Hall–Kier alpha value is -7.16. The lowest BCUT2D eigenvalue weighted by Gasteiger charge is -2.27. The highest BCUT2D eigenvalue weighted by atomic mass is 15.1. The van der Waals surface area contributed by atoms with Gasteiger partial charge in [-0.15, -0.1) is 0 Å². The van der Waals surface area contributed by atoms with Crippen LogP contribution in [0, 0.1) is 0 Å². The van der Waals surface area contributed by atoms with Crippen molar-refractivity contribution in [2.24, 2.45) is 0 Å². The van der Waals surface area contributed by atoms with Crippen LogP contribution < -0.4 is 4.90 Å². The third-order valence-corrected chi connectivity index (χ3v) is 10.5. The summed E-state index contributed by atoms with van der Waals surface area (Å²) in [6.07, 6.45) is 0. The van der Waals surface area contributed by atoms with Crippen molar-refractivity contribution in [3.63, 3.8) is 0 Å². The predicted octanol–water partition coefficient (Wildman–Crippen LogP) is 14.4. The van der Waals surface area contributed by atoms with Crippen molar-refractivity contribution in [3.8, 4) is 39.1 Å². The number of para-hydroxylation sites is 1. The number of anilines is 3.